The van der Waals surface area contributed by atoms with Crippen LogP contribution >= 0.6 is 0 Å². The number of allylic oxidation sites excluding steroid dienone is 2. The van der Waals surface area contributed by atoms with Crippen molar-refractivity contribution in [2.24, 2.45) is 0 Å². The summed E-state index contributed by atoms with van der Waals surface area (Å²) in [6.07, 6.45) is 3.02. The monoisotopic (exact) mass is 212 g/mol. The highest BCUT2D eigenvalue weighted by Crippen LogP contribution is 2.15. The van der Waals surface area contributed by atoms with Crippen LogP contribution in [0.15, 0.2) is 36.4 Å². The van der Waals surface area contributed by atoms with Gasteiger partial charge in [-0.2, -0.15) is 8.78 Å². The Morgan fingerprint density at radius 2 is 1.93 bits per heavy atom. The van der Waals surface area contributed by atoms with Gasteiger partial charge in [-0.15, -0.1) is 0 Å². The number of carbonyl (C=O) groups excluding carboxylic acids is 1. The predicted octanol–water partition coefficient (Wildman–Crippen LogP) is 3.05. The zero-order chi connectivity index (χ0) is 11.3. The maximum Gasteiger partial charge on any atom is 0.387 e. The van der Waals surface area contributed by atoms with Crippen LogP contribution in [0.4, 0.5) is 8.78 Å². The number of benzene rings is 1. The molecular formula is C11H10F2O2. The van der Waals surface area contributed by atoms with Crippen LogP contribution in [0.5, 0.6) is 5.75 Å². The van der Waals surface area contributed by atoms with Crippen molar-refractivity contribution in [3.8, 4) is 5.75 Å². The van der Waals surface area contributed by atoms with Gasteiger partial charge in [0.1, 0.15) is 5.75 Å². The summed E-state index contributed by atoms with van der Waals surface area (Å²) in [5.41, 5.74) is 0.440. The van der Waals surface area contributed by atoms with Crippen molar-refractivity contribution in [2.75, 3.05) is 0 Å². The summed E-state index contributed by atoms with van der Waals surface area (Å²) in [6, 6.07) is 5.56. The van der Waals surface area contributed by atoms with Crippen LogP contribution in [0.1, 0.15) is 17.3 Å². The smallest absolute Gasteiger partial charge is 0.387 e. The van der Waals surface area contributed by atoms with Crippen molar-refractivity contribution in [2.45, 2.75) is 13.5 Å². The molecule has 0 aliphatic heterocycles. The Kier molecular flexibility index (Phi) is 3.97. The number of alkyl halides is 2. The number of hydrogen-bond donors (Lipinski definition) is 0. The van der Waals surface area contributed by atoms with Crippen molar-refractivity contribution < 1.29 is 18.3 Å². The summed E-state index contributed by atoms with van der Waals surface area (Å²) in [7, 11) is 0. The van der Waals surface area contributed by atoms with Gasteiger partial charge in [0.15, 0.2) is 5.78 Å². The minimum Gasteiger partial charge on any atom is -0.435 e. The average molecular weight is 212 g/mol. The second-order valence-electron chi connectivity index (χ2n) is 2.77. The molecule has 2 nitrogen and oxygen atoms in total. The van der Waals surface area contributed by atoms with E-state index < -0.39 is 6.61 Å². The minimum atomic E-state index is -2.85. The Hall–Kier alpha value is -1.71. The molecule has 80 valence electrons. The maximum absolute atomic E-state index is 11.8. The van der Waals surface area contributed by atoms with E-state index in [4.69, 9.17) is 0 Å². The van der Waals surface area contributed by atoms with Gasteiger partial charge in [-0.25, -0.2) is 0 Å². The van der Waals surface area contributed by atoms with Gasteiger partial charge in [0.05, 0.1) is 0 Å². The highest BCUT2D eigenvalue weighted by molar-refractivity contribution is 6.04. The maximum atomic E-state index is 11.8. The molecule has 0 aromatic heterocycles. The molecular weight excluding hydrogens is 202 g/mol. The molecule has 0 bridgehead atoms. The van der Waals surface area contributed by atoms with Gasteiger partial charge in [0.25, 0.3) is 0 Å². The molecule has 0 radical (unpaired) electrons. The van der Waals surface area contributed by atoms with E-state index >= 15 is 0 Å². The molecule has 0 aliphatic rings. The molecule has 0 aliphatic carbocycles. The molecule has 15 heavy (non-hydrogen) atoms. The third-order valence-electron chi connectivity index (χ3n) is 1.68. The summed E-state index contributed by atoms with van der Waals surface area (Å²) >= 11 is 0. The van der Waals surface area contributed by atoms with E-state index in [9.17, 15) is 13.6 Å². The topological polar surface area (TPSA) is 26.3 Å². The largest absolute Gasteiger partial charge is 0.435 e. The second-order valence-corrected chi connectivity index (χ2v) is 2.77. The van der Waals surface area contributed by atoms with Crippen LogP contribution in [-0.2, 0) is 0 Å². The summed E-state index contributed by atoms with van der Waals surface area (Å²) in [4.78, 5) is 11.3. The van der Waals surface area contributed by atoms with Gasteiger partial charge < -0.3 is 4.74 Å². The van der Waals surface area contributed by atoms with Crippen LogP contribution in [0.3, 0.4) is 0 Å². The standard InChI is InChI=1S/C11H10F2O2/c1-2-3-10(14)8-4-6-9(7-5-8)15-11(12)13/h2-7,11H,1H3/b3-2+. The van der Waals surface area contributed by atoms with Gasteiger partial charge in [0.2, 0.25) is 0 Å². The Labute approximate surface area is 86.2 Å². The van der Waals surface area contributed by atoms with Crippen molar-refractivity contribution >= 4 is 5.78 Å². The number of hydrogen-bond acceptors (Lipinski definition) is 2. The SMILES string of the molecule is C/C=C/C(=O)c1ccc(OC(F)F)cc1. The fraction of sp³-hybridized carbons (Fsp3) is 0.182. The zero-order valence-electron chi connectivity index (χ0n) is 8.11. The van der Waals surface area contributed by atoms with Crippen LogP contribution in [0.25, 0.3) is 0 Å². The molecule has 0 saturated heterocycles. The molecule has 0 saturated carbocycles. The van der Waals surface area contributed by atoms with E-state index in [0.717, 1.165) is 0 Å². The van der Waals surface area contributed by atoms with Gasteiger partial charge in [0, 0.05) is 5.56 Å². The number of rotatable bonds is 4. The highest BCUT2D eigenvalue weighted by atomic mass is 19.3. The van der Waals surface area contributed by atoms with Crippen molar-refractivity contribution in [3.05, 3.63) is 42.0 Å². The highest BCUT2D eigenvalue weighted by Gasteiger charge is 2.05. The lowest BCUT2D eigenvalue weighted by atomic mass is 10.1. The number of carbonyl (C=O) groups is 1. The van der Waals surface area contributed by atoms with Crippen LogP contribution < -0.4 is 4.74 Å². The molecule has 0 unspecified atom stereocenters. The third kappa shape index (κ3) is 3.50. The Morgan fingerprint density at radius 1 is 1.33 bits per heavy atom. The minimum absolute atomic E-state index is 0.0435. The first-order chi connectivity index (χ1) is 7.13. The van der Waals surface area contributed by atoms with Gasteiger partial charge in [-0.05, 0) is 37.3 Å². The predicted molar refractivity (Wildman–Crippen MR) is 52.2 cm³/mol. The Balaban J connectivity index is 2.76. The zero-order valence-corrected chi connectivity index (χ0v) is 8.11. The Morgan fingerprint density at radius 3 is 2.40 bits per heavy atom. The van der Waals surface area contributed by atoms with E-state index in [2.05, 4.69) is 4.74 Å². The van der Waals surface area contributed by atoms with Crippen LogP contribution in [-0.4, -0.2) is 12.4 Å². The first-order valence-electron chi connectivity index (χ1n) is 4.35. The van der Waals surface area contributed by atoms with Crippen molar-refractivity contribution in [1.82, 2.24) is 0 Å². The van der Waals surface area contributed by atoms with Gasteiger partial charge >= 0.3 is 6.61 Å². The number of ketones is 1. The molecule has 0 amide bonds. The summed E-state index contributed by atoms with van der Waals surface area (Å²) in [5.74, 6) is -0.122. The fourth-order valence-electron chi connectivity index (χ4n) is 1.05. The van der Waals surface area contributed by atoms with E-state index in [1.165, 1.54) is 30.3 Å². The second kappa shape index (κ2) is 5.24. The first kappa shape index (κ1) is 11.4. The van der Waals surface area contributed by atoms with E-state index in [1.54, 1.807) is 13.0 Å². The van der Waals surface area contributed by atoms with Crippen LogP contribution in [0.2, 0.25) is 0 Å². The number of halogens is 2. The first-order valence-corrected chi connectivity index (χ1v) is 4.35. The Bertz CT molecular complexity index is 355. The summed E-state index contributed by atoms with van der Waals surface area (Å²) < 4.78 is 27.7. The van der Waals surface area contributed by atoms with Crippen LogP contribution in [0, 0.1) is 0 Å². The molecule has 0 atom stereocenters. The van der Waals surface area contributed by atoms with Crippen molar-refractivity contribution in [1.29, 1.82) is 0 Å². The fourth-order valence-corrected chi connectivity index (χ4v) is 1.05. The van der Waals surface area contributed by atoms with E-state index in [-0.39, 0.29) is 11.5 Å². The quantitative estimate of drug-likeness (QED) is 0.566. The summed E-state index contributed by atoms with van der Waals surface area (Å²) in [5, 5.41) is 0. The number of ether oxygens (including phenoxy) is 1. The molecule has 0 spiro atoms. The molecule has 0 heterocycles. The molecule has 0 fully saturated rings. The van der Waals surface area contributed by atoms with Gasteiger partial charge in [-0.1, -0.05) is 6.08 Å². The van der Waals surface area contributed by atoms with E-state index in [1.807, 2.05) is 0 Å². The third-order valence-corrected chi connectivity index (χ3v) is 1.68. The lowest BCUT2D eigenvalue weighted by molar-refractivity contribution is -0.0498. The lowest BCUT2D eigenvalue weighted by Gasteiger charge is -2.03. The van der Waals surface area contributed by atoms with Crippen molar-refractivity contribution in [3.63, 3.8) is 0 Å². The van der Waals surface area contributed by atoms with Gasteiger partial charge in [-0.3, -0.25) is 4.79 Å². The molecule has 4 heteroatoms. The lowest BCUT2D eigenvalue weighted by Crippen LogP contribution is -2.02. The molecule has 0 N–H and O–H groups in total. The van der Waals surface area contributed by atoms with E-state index in [0.29, 0.717) is 5.56 Å². The average Bonchev–Trinajstić information content (AvgIpc) is 2.18. The summed E-state index contributed by atoms with van der Waals surface area (Å²) in [6.45, 7) is -1.12. The molecule has 1 aromatic rings. The molecule has 1 aromatic carbocycles. The molecule has 1 rings (SSSR count). The normalized spacial score (nSPS) is 10.9.